The summed E-state index contributed by atoms with van der Waals surface area (Å²) in [5.41, 5.74) is 0.829. The fourth-order valence-corrected chi connectivity index (χ4v) is 5.49. The summed E-state index contributed by atoms with van der Waals surface area (Å²) < 4.78 is 40.2. The van der Waals surface area contributed by atoms with E-state index in [1.807, 2.05) is 51.1 Å². The molecule has 214 valence electrons. The zero-order valence-electron chi connectivity index (χ0n) is 22.7. The monoisotopic (exact) mass is 607 g/mol. The summed E-state index contributed by atoms with van der Waals surface area (Å²) in [7, 11) is -3.99. The number of rotatable bonds is 10. The van der Waals surface area contributed by atoms with Gasteiger partial charge in [0.1, 0.15) is 18.4 Å². The average Bonchev–Trinajstić information content (AvgIpc) is 2.85. The van der Waals surface area contributed by atoms with Gasteiger partial charge in [-0.1, -0.05) is 65.7 Å². The predicted molar refractivity (Wildman–Crippen MR) is 157 cm³/mol. The Morgan fingerprint density at radius 3 is 2.12 bits per heavy atom. The summed E-state index contributed by atoms with van der Waals surface area (Å²) >= 11 is 12.3. The molecule has 40 heavy (non-hydrogen) atoms. The van der Waals surface area contributed by atoms with Crippen molar-refractivity contribution >= 4 is 50.7 Å². The number of nitrogens with one attached hydrogen (secondary N) is 1. The average molecular weight is 609 g/mol. The van der Waals surface area contributed by atoms with E-state index >= 15 is 0 Å². The molecule has 0 spiro atoms. The summed E-state index contributed by atoms with van der Waals surface area (Å²) in [6.45, 7) is 4.77. The van der Waals surface area contributed by atoms with E-state index < -0.39 is 45.8 Å². The molecule has 0 heterocycles. The van der Waals surface area contributed by atoms with E-state index in [-0.39, 0.29) is 23.7 Å². The van der Waals surface area contributed by atoms with Gasteiger partial charge in [-0.15, -0.1) is 0 Å². The molecular formula is C29H32Cl2FN3O4S. The molecule has 0 aliphatic heterocycles. The lowest BCUT2D eigenvalue weighted by atomic mass is 10.0. The minimum atomic E-state index is -3.99. The fraction of sp³-hybridized carbons (Fsp3) is 0.310. The molecule has 0 bridgehead atoms. The summed E-state index contributed by atoms with van der Waals surface area (Å²) in [5.74, 6) is -1.51. The molecule has 2 amide bonds. The van der Waals surface area contributed by atoms with Crippen molar-refractivity contribution in [1.29, 1.82) is 0 Å². The Balaban J connectivity index is 2.09. The number of sulfonamides is 1. The highest BCUT2D eigenvalue weighted by Gasteiger charge is 2.34. The van der Waals surface area contributed by atoms with Crippen LogP contribution in [0, 0.1) is 5.82 Å². The topological polar surface area (TPSA) is 86.8 Å². The van der Waals surface area contributed by atoms with Crippen LogP contribution in [0.3, 0.4) is 0 Å². The minimum absolute atomic E-state index is 0.0436. The van der Waals surface area contributed by atoms with Crippen LogP contribution in [-0.2, 0) is 32.6 Å². The standard InChI is InChI=1S/C29H32Cl2FN3O4S/c1-29(2,3)33-28(37)26(16-20-8-6-5-7-9-20)34(18-21-10-13-23(32)14-11-21)27(36)19-35(40(4,38)39)25-15-12-22(30)17-24(25)31/h5-15,17,26H,16,18-19H2,1-4H3,(H,33,37)/t26-/m0/s1. The Morgan fingerprint density at radius 2 is 1.57 bits per heavy atom. The van der Waals surface area contributed by atoms with Crippen LogP contribution < -0.4 is 9.62 Å². The zero-order valence-corrected chi connectivity index (χ0v) is 25.0. The van der Waals surface area contributed by atoms with Gasteiger partial charge < -0.3 is 10.2 Å². The number of amides is 2. The number of nitrogens with zero attached hydrogens (tertiary/aromatic N) is 2. The molecule has 3 rings (SSSR count). The Labute approximate surface area is 244 Å². The Kier molecular flexibility index (Phi) is 10.2. The van der Waals surface area contributed by atoms with Gasteiger partial charge in [-0.05, 0) is 62.2 Å². The fourth-order valence-electron chi connectivity index (χ4n) is 4.07. The van der Waals surface area contributed by atoms with Gasteiger partial charge in [0, 0.05) is 23.5 Å². The van der Waals surface area contributed by atoms with Gasteiger partial charge in [0.05, 0.1) is 17.0 Å². The zero-order chi connectivity index (χ0) is 29.7. The van der Waals surface area contributed by atoms with Crippen LogP contribution in [0.4, 0.5) is 10.1 Å². The molecule has 3 aromatic rings. The largest absolute Gasteiger partial charge is 0.350 e. The van der Waals surface area contributed by atoms with Gasteiger partial charge in [0.2, 0.25) is 21.8 Å². The van der Waals surface area contributed by atoms with Gasteiger partial charge in [-0.2, -0.15) is 0 Å². The maximum absolute atomic E-state index is 14.0. The van der Waals surface area contributed by atoms with Crippen LogP contribution in [0.15, 0.2) is 72.8 Å². The highest BCUT2D eigenvalue weighted by molar-refractivity contribution is 7.92. The van der Waals surface area contributed by atoms with Crippen molar-refractivity contribution < 1.29 is 22.4 Å². The number of anilines is 1. The first-order chi connectivity index (χ1) is 18.6. The highest BCUT2D eigenvalue weighted by Crippen LogP contribution is 2.30. The van der Waals surface area contributed by atoms with Gasteiger partial charge in [-0.3, -0.25) is 13.9 Å². The molecule has 0 aliphatic rings. The number of benzene rings is 3. The Bertz CT molecular complexity index is 1450. The van der Waals surface area contributed by atoms with E-state index in [0.717, 1.165) is 16.1 Å². The summed E-state index contributed by atoms with van der Waals surface area (Å²) in [5, 5.41) is 3.28. The summed E-state index contributed by atoms with van der Waals surface area (Å²) in [4.78, 5) is 29.0. The quantitative estimate of drug-likeness (QED) is 0.332. The van der Waals surface area contributed by atoms with Gasteiger partial charge >= 0.3 is 0 Å². The summed E-state index contributed by atoms with van der Waals surface area (Å²) in [6.07, 6.45) is 1.12. The van der Waals surface area contributed by atoms with E-state index in [2.05, 4.69) is 5.32 Å². The maximum Gasteiger partial charge on any atom is 0.244 e. The van der Waals surface area contributed by atoms with Gasteiger partial charge in [0.25, 0.3) is 0 Å². The molecule has 0 saturated heterocycles. The van der Waals surface area contributed by atoms with E-state index in [4.69, 9.17) is 23.2 Å². The van der Waals surface area contributed by atoms with Crippen LogP contribution >= 0.6 is 23.2 Å². The molecular weight excluding hydrogens is 576 g/mol. The van der Waals surface area contributed by atoms with Crippen LogP contribution in [0.5, 0.6) is 0 Å². The van der Waals surface area contributed by atoms with Crippen LogP contribution in [0.1, 0.15) is 31.9 Å². The lowest BCUT2D eigenvalue weighted by molar-refractivity contribution is -0.140. The molecule has 11 heteroatoms. The second-order valence-electron chi connectivity index (χ2n) is 10.5. The third-order valence-corrected chi connectivity index (χ3v) is 7.56. The lowest BCUT2D eigenvalue weighted by Gasteiger charge is -2.35. The van der Waals surface area contributed by atoms with Crippen molar-refractivity contribution in [3.8, 4) is 0 Å². The van der Waals surface area contributed by atoms with Crippen molar-refractivity contribution in [2.45, 2.75) is 45.3 Å². The van der Waals surface area contributed by atoms with Gasteiger partial charge in [-0.25, -0.2) is 12.8 Å². The molecule has 0 saturated carbocycles. The van der Waals surface area contributed by atoms with Crippen molar-refractivity contribution in [2.24, 2.45) is 0 Å². The molecule has 0 aliphatic carbocycles. The molecule has 0 radical (unpaired) electrons. The second kappa shape index (κ2) is 13.0. The molecule has 0 unspecified atom stereocenters. The smallest absolute Gasteiger partial charge is 0.244 e. The van der Waals surface area contributed by atoms with Crippen molar-refractivity contribution in [3.63, 3.8) is 0 Å². The highest BCUT2D eigenvalue weighted by atomic mass is 35.5. The molecule has 1 atom stereocenters. The number of carbonyl (C=O) groups excluding carboxylic acids is 2. The first-order valence-corrected chi connectivity index (χ1v) is 15.1. The minimum Gasteiger partial charge on any atom is -0.350 e. The van der Waals surface area contributed by atoms with E-state index in [1.54, 1.807) is 0 Å². The Hall–Kier alpha value is -3.14. The van der Waals surface area contributed by atoms with E-state index in [9.17, 15) is 22.4 Å². The van der Waals surface area contributed by atoms with Gasteiger partial charge in [0.15, 0.2) is 0 Å². The molecule has 3 aromatic carbocycles. The number of hydrogen-bond acceptors (Lipinski definition) is 4. The van der Waals surface area contributed by atoms with E-state index in [1.165, 1.54) is 47.4 Å². The summed E-state index contributed by atoms with van der Waals surface area (Å²) in [6, 6.07) is 18.0. The van der Waals surface area contributed by atoms with Crippen molar-refractivity contribution in [1.82, 2.24) is 10.2 Å². The first-order valence-electron chi connectivity index (χ1n) is 12.5. The predicted octanol–water partition coefficient (Wildman–Crippen LogP) is 5.45. The molecule has 0 fully saturated rings. The molecule has 7 nitrogen and oxygen atoms in total. The van der Waals surface area contributed by atoms with Crippen LogP contribution in [0.2, 0.25) is 10.0 Å². The third kappa shape index (κ3) is 8.94. The van der Waals surface area contributed by atoms with Crippen LogP contribution in [-0.4, -0.2) is 49.5 Å². The van der Waals surface area contributed by atoms with Crippen molar-refractivity contribution in [2.75, 3.05) is 17.1 Å². The number of hydrogen-bond donors (Lipinski definition) is 1. The lowest BCUT2D eigenvalue weighted by Crippen LogP contribution is -2.56. The normalized spacial score (nSPS) is 12.5. The molecule has 1 N–H and O–H groups in total. The second-order valence-corrected chi connectivity index (χ2v) is 13.2. The van der Waals surface area contributed by atoms with E-state index in [0.29, 0.717) is 10.6 Å². The third-order valence-electron chi connectivity index (χ3n) is 5.89. The SMILES string of the molecule is CC(C)(C)NC(=O)[C@H](Cc1ccccc1)N(Cc1ccc(F)cc1)C(=O)CN(c1ccc(Cl)cc1Cl)S(C)(=O)=O. The number of halogens is 3. The maximum atomic E-state index is 14.0. The Morgan fingerprint density at radius 1 is 0.950 bits per heavy atom. The van der Waals surface area contributed by atoms with Crippen LogP contribution in [0.25, 0.3) is 0 Å². The number of carbonyl (C=O) groups is 2. The molecule has 0 aromatic heterocycles. The first kappa shape index (κ1) is 31.4. The van der Waals surface area contributed by atoms with Crippen molar-refractivity contribution in [3.05, 3.63) is 99.8 Å².